The van der Waals surface area contributed by atoms with Crippen LogP contribution in [0.2, 0.25) is 0 Å². The Bertz CT molecular complexity index is 1320. The van der Waals surface area contributed by atoms with Gasteiger partial charge in [-0.2, -0.15) is 0 Å². The molecule has 6 nitrogen and oxygen atoms in total. The largest absolute Gasteiger partial charge is 0.294 e. The van der Waals surface area contributed by atoms with Gasteiger partial charge in [0, 0.05) is 17.4 Å². The summed E-state index contributed by atoms with van der Waals surface area (Å²) in [5.74, 6) is 0.760. The number of aromatic nitrogens is 4. The molecule has 0 unspecified atom stereocenters. The molecule has 152 valence electrons. The zero-order valence-electron chi connectivity index (χ0n) is 17.9. The Morgan fingerprint density at radius 3 is 2.40 bits per heavy atom. The molecule has 2 aromatic heterocycles. The number of nitrogens with one attached hydrogen (secondary N) is 2. The predicted octanol–water partition coefficient (Wildman–Crippen LogP) is 4.59. The van der Waals surface area contributed by atoms with Crippen LogP contribution in [0.3, 0.4) is 0 Å². The summed E-state index contributed by atoms with van der Waals surface area (Å²) < 4.78 is 0. The lowest BCUT2D eigenvalue weighted by atomic mass is 10.0. The number of nitrogens with zero attached hydrogens (tertiary/aromatic N) is 3. The first-order valence-electron chi connectivity index (χ1n) is 9.98. The van der Waals surface area contributed by atoms with Crippen molar-refractivity contribution in [3.05, 3.63) is 86.0 Å². The van der Waals surface area contributed by atoms with Gasteiger partial charge in [-0.3, -0.25) is 15.1 Å². The highest BCUT2D eigenvalue weighted by atomic mass is 16.1. The Kier molecular flexibility index (Phi) is 5.08. The number of hydrogen-bond acceptors (Lipinski definition) is 5. The number of fused-ring (bicyclic) bond motifs is 1. The summed E-state index contributed by atoms with van der Waals surface area (Å²) in [6.07, 6.45) is 0.547. The van der Waals surface area contributed by atoms with Gasteiger partial charge in [0.05, 0.1) is 16.9 Å². The number of H-pyrrole nitrogens is 1. The van der Waals surface area contributed by atoms with Gasteiger partial charge in [0.1, 0.15) is 0 Å². The van der Waals surface area contributed by atoms with Gasteiger partial charge in [0.15, 0.2) is 0 Å². The van der Waals surface area contributed by atoms with Gasteiger partial charge in [-0.15, -0.1) is 0 Å². The van der Waals surface area contributed by atoms with Crippen LogP contribution in [0.5, 0.6) is 0 Å². The molecule has 0 fully saturated rings. The highest BCUT2D eigenvalue weighted by molar-refractivity contribution is 5.85. The van der Waals surface area contributed by atoms with E-state index in [9.17, 15) is 4.79 Å². The Morgan fingerprint density at radius 2 is 1.67 bits per heavy atom. The fourth-order valence-electron chi connectivity index (χ4n) is 3.77. The monoisotopic (exact) mass is 399 g/mol. The van der Waals surface area contributed by atoms with Crippen molar-refractivity contribution < 1.29 is 0 Å². The normalized spacial score (nSPS) is 11.1. The second kappa shape index (κ2) is 7.71. The Morgan fingerprint density at radius 1 is 0.900 bits per heavy atom. The molecule has 0 saturated heterocycles. The first-order valence-corrected chi connectivity index (χ1v) is 9.98. The van der Waals surface area contributed by atoms with Gasteiger partial charge < -0.3 is 0 Å². The molecule has 0 radical (unpaired) electrons. The Labute approximate surface area is 175 Å². The Hall–Kier alpha value is -3.54. The van der Waals surface area contributed by atoms with E-state index in [-0.39, 0.29) is 5.56 Å². The first-order chi connectivity index (χ1) is 14.3. The van der Waals surface area contributed by atoms with E-state index in [1.807, 2.05) is 52.0 Å². The maximum absolute atomic E-state index is 12.8. The second-order valence-electron chi connectivity index (χ2n) is 7.82. The minimum absolute atomic E-state index is 0.155. The molecule has 4 aromatic rings. The van der Waals surface area contributed by atoms with Crippen LogP contribution in [0.1, 0.15) is 39.2 Å². The van der Waals surface area contributed by atoms with Crippen LogP contribution in [-0.4, -0.2) is 19.9 Å². The average molecular weight is 399 g/mol. The zero-order valence-corrected chi connectivity index (χ0v) is 17.9. The van der Waals surface area contributed by atoms with Gasteiger partial charge in [0.25, 0.3) is 5.56 Å². The van der Waals surface area contributed by atoms with Gasteiger partial charge in [-0.1, -0.05) is 35.9 Å². The van der Waals surface area contributed by atoms with Crippen molar-refractivity contribution in [2.24, 2.45) is 0 Å². The van der Waals surface area contributed by atoms with Crippen LogP contribution in [0, 0.1) is 34.6 Å². The topological polar surface area (TPSA) is 83.6 Å². The molecule has 0 saturated carbocycles. The van der Waals surface area contributed by atoms with E-state index in [1.54, 1.807) is 0 Å². The first kappa shape index (κ1) is 19.8. The molecule has 0 bridgehead atoms. The van der Waals surface area contributed by atoms with E-state index in [4.69, 9.17) is 0 Å². The van der Waals surface area contributed by atoms with Crippen LogP contribution in [-0.2, 0) is 6.42 Å². The number of hydrogen-bond donors (Lipinski definition) is 2. The molecule has 30 heavy (non-hydrogen) atoms. The third kappa shape index (κ3) is 3.81. The van der Waals surface area contributed by atoms with E-state index < -0.39 is 0 Å². The van der Waals surface area contributed by atoms with Gasteiger partial charge in [-0.05, 0) is 57.4 Å². The number of rotatable bonds is 4. The summed E-state index contributed by atoms with van der Waals surface area (Å²) >= 11 is 0. The SMILES string of the molecule is Cc1cc(C)c2nc(Nc3nc(C)c(Cc4ccccc4C)c(=O)[nH]3)nc(C)c2c1. The summed E-state index contributed by atoms with van der Waals surface area (Å²) in [6.45, 7) is 9.96. The van der Waals surface area contributed by atoms with Crippen LogP contribution in [0.25, 0.3) is 10.9 Å². The van der Waals surface area contributed by atoms with Crippen LogP contribution in [0.4, 0.5) is 11.9 Å². The predicted molar refractivity (Wildman–Crippen MR) is 121 cm³/mol. The average Bonchev–Trinajstić information content (AvgIpc) is 2.67. The molecule has 4 rings (SSSR count). The van der Waals surface area contributed by atoms with Crippen LogP contribution >= 0.6 is 0 Å². The lowest BCUT2D eigenvalue weighted by Crippen LogP contribution is -2.19. The van der Waals surface area contributed by atoms with E-state index in [2.05, 4.69) is 44.3 Å². The molecule has 0 aliphatic rings. The third-order valence-corrected chi connectivity index (χ3v) is 5.41. The van der Waals surface area contributed by atoms with Crippen molar-refractivity contribution in [3.8, 4) is 0 Å². The van der Waals surface area contributed by atoms with Crippen molar-refractivity contribution in [2.45, 2.75) is 41.0 Å². The molecule has 2 heterocycles. The minimum Gasteiger partial charge on any atom is -0.294 e. The zero-order chi connectivity index (χ0) is 21.4. The van der Waals surface area contributed by atoms with E-state index in [0.717, 1.165) is 33.3 Å². The molecule has 6 heteroatoms. The highest BCUT2D eigenvalue weighted by Gasteiger charge is 2.13. The van der Waals surface area contributed by atoms with E-state index in [1.165, 1.54) is 5.56 Å². The molecule has 0 aliphatic heterocycles. The molecule has 0 aliphatic carbocycles. The van der Waals surface area contributed by atoms with Gasteiger partial charge in [-0.25, -0.2) is 15.0 Å². The summed E-state index contributed by atoms with van der Waals surface area (Å²) in [4.78, 5) is 29.4. The number of aromatic amines is 1. The number of anilines is 2. The maximum Gasteiger partial charge on any atom is 0.256 e. The molecule has 0 atom stereocenters. The molecule has 2 aromatic carbocycles. The summed E-state index contributed by atoms with van der Waals surface area (Å²) in [6, 6.07) is 12.3. The fraction of sp³-hybridized carbons (Fsp3) is 0.250. The Balaban J connectivity index is 1.68. The molecular weight excluding hydrogens is 374 g/mol. The fourth-order valence-corrected chi connectivity index (χ4v) is 3.77. The molecular formula is C24H25N5O. The standard InChI is InChI=1S/C24H25N5O/c1-13-10-15(3)21-19(11-13)16(4)25-23(27-21)29-24-26-17(5)20(22(30)28-24)12-18-9-7-6-8-14(18)2/h6-11H,12H2,1-5H3,(H2,25,26,27,28,29,30). The molecule has 0 spiro atoms. The lowest BCUT2D eigenvalue weighted by Gasteiger charge is -2.12. The van der Waals surface area contributed by atoms with Gasteiger partial charge >= 0.3 is 0 Å². The third-order valence-electron chi connectivity index (χ3n) is 5.41. The highest BCUT2D eigenvalue weighted by Crippen LogP contribution is 2.23. The summed E-state index contributed by atoms with van der Waals surface area (Å²) in [5.41, 5.74) is 7.51. The summed E-state index contributed by atoms with van der Waals surface area (Å²) in [5, 5.41) is 4.11. The minimum atomic E-state index is -0.155. The second-order valence-corrected chi connectivity index (χ2v) is 7.82. The van der Waals surface area contributed by atoms with Crippen LogP contribution in [0.15, 0.2) is 41.2 Å². The van der Waals surface area contributed by atoms with Crippen molar-refractivity contribution in [1.82, 2.24) is 19.9 Å². The van der Waals surface area contributed by atoms with Gasteiger partial charge in [0.2, 0.25) is 11.9 Å². The van der Waals surface area contributed by atoms with Crippen molar-refractivity contribution in [2.75, 3.05) is 5.32 Å². The number of benzene rings is 2. The summed E-state index contributed by atoms with van der Waals surface area (Å²) in [7, 11) is 0. The van der Waals surface area contributed by atoms with Crippen LogP contribution < -0.4 is 10.9 Å². The number of aryl methyl sites for hydroxylation is 5. The van der Waals surface area contributed by atoms with E-state index >= 15 is 0 Å². The molecule has 0 amide bonds. The quantitative estimate of drug-likeness (QED) is 0.524. The lowest BCUT2D eigenvalue weighted by molar-refractivity contribution is 0.974. The van der Waals surface area contributed by atoms with Crippen molar-refractivity contribution >= 4 is 22.8 Å². The van der Waals surface area contributed by atoms with E-state index in [0.29, 0.717) is 29.6 Å². The van der Waals surface area contributed by atoms with Crippen molar-refractivity contribution in [3.63, 3.8) is 0 Å². The smallest absolute Gasteiger partial charge is 0.256 e. The maximum atomic E-state index is 12.8. The van der Waals surface area contributed by atoms with Crippen molar-refractivity contribution in [1.29, 1.82) is 0 Å². The molecule has 2 N–H and O–H groups in total.